The van der Waals surface area contributed by atoms with E-state index in [1.165, 1.54) is 19.4 Å². The minimum absolute atomic E-state index is 0.0123. The minimum Gasteiger partial charge on any atom is -0.508 e. The first kappa shape index (κ1) is 34.4. The second-order valence-corrected chi connectivity index (χ2v) is 13.0. The van der Waals surface area contributed by atoms with Crippen molar-refractivity contribution in [1.29, 1.82) is 0 Å². The lowest BCUT2D eigenvalue weighted by Gasteiger charge is -2.22. The Hall–Kier alpha value is -3.48. The van der Waals surface area contributed by atoms with Crippen LogP contribution in [0.25, 0.3) is 0 Å². The Morgan fingerprint density at radius 2 is 1.73 bits per heavy atom. The monoisotopic (exact) mass is 640 g/mol. The van der Waals surface area contributed by atoms with Crippen LogP contribution < -0.4 is 14.8 Å². The second-order valence-electron chi connectivity index (χ2n) is 11.3. The SMILES string of the molecule is CC(=O)OCc1cc([C@@H](O)CNCCc2ccc(OCCOCc3cccc(S(=O)(=O)NC4CCCCC4)c3)cc2)ccc1O. The van der Waals surface area contributed by atoms with Crippen molar-refractivity contribution in [3.8, 4) is 11.5 Å². The van der Waals surface area contributed by atoms with E-state index in [2.05, 4.69) is 10.0 Å². The Kier molecular flexibility index (Phi) is 13.2. The van der Waals surface area contributed by atoms with Crippen molar-refractivity contribution in [3.05, 3.63) is 89.0 Å². The molecule has 10 nitrogen and oxygen atoms in total. The zero-order valence-corrected chi connectivity index (χ0v) is 26.6. The number of rotatable bonds is 17. The van der Waals surface area contributed by atoms with Crippen LogP contribution in [0.1, 0.15) is 67.4 Å². The predicted molar refractivity (Wildman–Crippen MR) is 170 cm³/mol. The van der Waals surface area contributed by atoms with E-state index in [4.69, 9.17) is 14.2 Å². The highest BCUT2D eigenvalue weighted by atomic mass is 32.2. The molecule has 3 aromatic rings. The molecule has 0 radical (unpaired) electrons. The van der Waals surface area contributed by atoms with Crippen LogP contribution in [0.4, 0.5) is 0 Å². The molecule has 1 saturated carbocycles. The second kappa shape index (κ2) is 17.3. The van der Waals surface area contributed by atoms with E-state index in [-0.39, 0.29) is 23.3 Å². The number of nitrogens with one attached hydrogen (secondary N) is 2. The summed E-state index contributed by atoms with van der Waals surface area (Å²) >= 11 is 0. The van der Waals surface area contributed by atoms with Gasteiger partial charge in [-0.25, -0.2) is 13.1 Å². The normalized spacial score (nSPS) is 14.6. The summed E-state index contributed by atoms with van der Waals surface area (Å²) in [6.45, 7) is 3.24. The van der Waals surface area contributed by atoms with Crippen LogP contribution in [0.2, 0.25) is 0 Å². The van der Waals surface area contributed by atoms with E-state index >= 15 is 0 Å². The Morgan fingerprint density at radius 3 is 2.49 bits per heavy atom. The first-order valence-electron chi connectivity index (χ1n) is 15.4. The molecule has 0 unspecified atom stereocenters. The lowest BCUT2D eigenvalue weighted by atomic mass is 9.96. The third kappa shape index (κ3) is 11.4. The number of sulfonamides is 1. The summed E-state index contributed by atoms with van der Waals surface area (Å²) in [5.74, 6) is 0.297. The predicted octanol–water partition coefficient (Wildman–Crippen LogP) is 4.53. The number of carbonyl (C=O) groups is 1. The molecule has 1 atom stereocenters. The number of aliphatic hydroxyl groups is 1. The fourth-order valence-corrected chi connectivity index (χ4v) is 6.54. The van der Waals surface area contributed by atoms with Gasteiger partial charge in [0, 0.05) is 25.1 Å². The number of phenols is 1. The Balaban J connectivity index is 1.12. The van der Waals surface area contributed by atoms with Gasteiger partial charge in [0.1, 0.15) is 24.7 Å². The molecule has 0 heterocycles. The lowest BCUT2D eigenvalue weighted by molar-refractivity contribution is -0.142. The number of aromatic hydroxyl groups is 1. The molecule has 0 bridgehead atoms. The molecule has 0 spiro atoms. The summed E-state index contributed by atoms with van der Waals surface area (Å²) in [5.41, 5.74) is 2.97. The standard InChI is InChI=1S/C34H44N2O8S/c1-25(37)44-24-29-21-28(12-15-33(29)38)34(39)22-35-17-16-26-10-13-31(14-11-26)43-19-18-42-23-27-6-5-9-32(20-27)45(40,41)36-30-7-3-2-4-8-30/h5-6,9-15,20-21,30,34-36,38-39H,2-4,7-8,16-19,22-24H2,1H3/t34-/m0/s1. The van der Waals surface area contributed by atoms with Gasteiger partial charge in [0.25, 0.3) is 0 Å². The summed E-state index contributed by atoms with van der Waals surface area (Å²) in [5, 5.41) is 23.7. The first-order valence-corrected chi connectivity index (χ1v) is 16.9. The maximum absolute atomic E-state index is 12.8. The molecule has 0 amide bonds. The van der Waals surface area contributed by atoms with Crippen molar-refractivity contribution in [2.45, 2.75) is 75.7 Å². The van der Waals surface area contributed by atoms with Crippen molar-refractivity contribution in [1.82, 2.24) is 10.0 Å². The molecule has 4 N–H and O–H groups in total. The number of phenolic OH excluding ortho intramolecular Hbond substituents is 1. The molecule has 1 aliphatic rings. The van der Waals surface area contributed by atoms with Crippen LogP contribution in [-0.4, -0.2) is 56.9 Å². The molecular weight excluding hydrogens is 596 g/mol. The summed E-state index contributed by atoms with van der Waals surface area (Å²) in [4.78, 5) is 11.3. The first-order chi connectivity index (χ1) is 21.7. The number of hydrogen-bond donors (Lipinski definition) is 4. The largest absolute Gasteiger partial charge is 0.508 e. The minimum atomic E-state index is -3.55. The molecule has 0 aromatic heterocycles. The molecule has 244 valence electrons. The van der Waals surface area contributed by atoms with Crippen LogP contribution in [0.5, 0.6) is 11.5 Å². The summed E-state index contributed by atoms with van der Waals surface area (Å²) in [7, 11) is -3.55. The van der Waals surface area contributed by atoms with Crippen molar-refractivity contribution in [2.24, 2.45) is 0 Å². The lowest BCUT2D eigenvalue weighted by Crippen LogP contribution is -2.36. The summed E-state index contributed by atoms with van der Waals surface area (Å²) in [6, 6.07) is 19.4. The van der Waals surface area contributed by atoms with E-state index in [0.717, 1.165) is 49.0 Å². The molecule has 0 aliphatic heterocycles. The summed E-state index contributed by atoms with van der Waals surface area (Å²) in [6.07, 6.45) is 5.04. The van der Waals surface area contributed by atoms with Crippen LogP contribution in [0, 0.1) is 0 Å². The fourth-order valence-electron chi connectivity index (χ4n) is 5.17. The quantitative estimate of drug-likeness (QED) is 0.124. The van der Waals surface area contributed by atoms with Gasteiger partial charge in [-0.1, -0.05) is 49.6 Å². The molecule has 1 aliphatic carbocycles. The third-order valence-electron chi connectivity index (χ3n) is 7.67. The van der Waals surface area contributed by atoms with E-state index in [9.17, 15) is 23.4 Å². The van der Waals surface area contributed by atoms with Crippen molar-refractivity contribution in [3.63, 3.8) is 0 Å². The highest BCUT2D eigenvalue weighted by Crippen LogP contribution is 2.24. The average molecular weight is 641 g/mol. The van der Waals surface area contributed by atoms with Gasteiger partial charge >= 0.3 is 5.97 Å². The van der Waals surface area contributed by atoms with Crippen LogP contribution in [0.3, 0.4) is 0 Å². The molecule has 1 fully saturated rings. The summed E-state index contributed by atoms with van der Waals surface area (Å²) < 4.78 is 45.0. The topological polar surface area (TPSA) is 143 Å². The highest BCUT2D eigenvalue weighted by molar-refractivity contribution is 7.89. The fraction of sp³-hybridized carbons (Fsp3) is 0.441. The van der Waals surface area contributed by atoms with Crippen molar-refractivity contribution >= 4 is 16.0 Å². The molecular formula is C34H44N2O8S. The molecule has 3 aromatic carbocycles. The zero-order chi connectivity index (χ0) is 32.1. The molecule has 0 saturated heterocycles. The maximum Gasteiger partial charge on any atom is 0.302 e. The van der Waals surface area contributed by atoms with Crippen LogP contribution in [-0.2, 0) is 43.9 Å². The van der Waals surface area contributed by atoms with E-state index in [1.54, 1.807) is 30.3 Å². The number of hydrogen-bond acceptors (Lipinski definition) is 9. The van der Waals surface area contributed by atoms with Gasteiger partial charge in [-0.05, 0) is 78.9 Å². The average Bonchev–Trinajstić information content (AvgIpc) is 3.03. The number of aliphatic hydroxyl groups excluding tert-OH is 1. The molecule has 45 heavy (non-hydrogen) atoms. The molecule has 11 heteroatoms. The van der Waals surface area contributed by atoms with Crippen molar-refractivity contribution in [2.75, 3.05) is 26.3 Å². The zero-order valence-electron chi connectivity index (χ0n) is 25.7. The Labute approximate surface area is 265 Å². The van der Waals surface area contributed by atoms with Gasteiger partial charge in [0.15, 0.2) is 0 Å². The highest BCUT2D eigenvalue weighted by Gasteiger charge is 2.22. The van der Waals surface area contributed by atoms with Crippen LogP contribution in [0.15, 0.2) is 71.6 Å². The Morgan fingerprint density at radius 1 is 0.956 bits per heavy atom. The smallest absolute Gasteiger partial charge is 0.302 e. The number of carbonyl (C=O) groups excluding carboxylic acids is 1. The van der Waals surface area contributed by atoms with Gasteiger partial charge in [0.05, 0.1) is 24.2 Å². The van der Waals surface area contributed by atoms with Gasteiger partial charge in [0.2, 0.25) is 10.0 Å². The number of benzene rings is 3. The third-order valence-corrected chi connectivity index (χ3v) is 9.19. The van der Waals surface area contributed by atoms with Gasteiger partial charge in [-0.2, -0.15) is 0 Å². The van der Waals surface area contributed by atoms with E-state index in [0.29, 0.717) is 44.0 Å². The van der Waals surface area contributed by atoms with Crippen molar-refractivity contribution < 1.29 is 37.6 Å². The van der Waals surface area contributed by atoms with Gasteiger partial charge < -0.3 is 29.7 Å². The van der Waals surface area contributed by atoms with Crippen LogP contribution >= 0.6 is 0 Å². The van der Waals surface area contributed by atoms with E-state index in [1.807, 2.05) is 30.3 Å². The maximum atomic E-state index is 12.8. The number of esters is 1. The number of ether oxygens (including phenoxy) is 3. The van der Waals surface area contributed by atoms with Gasteiger partial charge in [-0.15, -0.1) is 0 Å². The molecule has 4 rings (SSSR count). The Bertz CT molecular complexity index is 1470. The van der Waals surface area contributed by atoms with E-state index < -0.39 is 22.1 Å². The van der Waals surface area contributed by atoms with Gasteiger partial charge in [-0.3, -0.25) is 4.79 Å².